The van der Waals surface area contributed by atoms with Crippen LogP contribution < -0.4 is 5.32 Å². The molecular weight excluding hydrogens is 316 g/mol. The average molecular weight is 339 g/mol. The molecule has 0 saturated carbocycles. The minimum absolute atomic E-state index is 0.0836. The molecule has 0 bridgehead atoms. The summed E-state index contributed by atoms with van der Waals surface area (Å²) in [6, 6.07) is 7.73. The third kappa shape index (κ3) is 5.84. The molecule has 6 heteroatoms. The molecule has 0 spiro atoms. The van der Waals surface area contributed by atoms with Crippen LogP contribution in [0.4, 0.5) is 0 Å². The van der Waals surface area contributed by atoms with Gasteiger partial charge in [0.2, 0.25) is 11.8 Å². The van der Waals surface area contributed by atoms with Gasteiger partial charge in [-0.15, -0.1) is 0 Å². The summed E-state index contributed by atoms with van der Waals surface area (Å²) in [5, 5.41) is 3.63. The van der Waals surface area contributed by atoms with Crippen LogP contribution in [-0.2, 0) is 20.7 Å². The van der Waals surface area contributed by atoms with Crippen molar-refractivity contribution in [1.29, 1.82) is 0 Å². The van der Waals surface area contributed by atoms with Crippen LogP contribution in [0.5, 0.6) is 0 Å². The van der Waals surface area contributed by atoms with Gasteiger partial charge in [0.15, 0.2) is 0 Å². The van der Waals surface area contributed by atoms with Crippen LogP contribution in [0.1, 0.15) is 24.8 Å². The van der Waals surface area contributed by atoms with Crippen molar-refractivity contribution in [2.24, 2.45) is 0 Å². The number of rotatable bonds is 6. The summed E-state index contributed by atoms with van der Waals surface area (Å²) in [6.07, 6.45) is 2.81. The van der Waals surface area contributed by atoms with E-state index in [1.54, 1.807) is 0 Å². The van der Waals surface area contributed by atoms with Gasteiger partial charge in [-0.25, -0.2) is 0 Å². The number of likely N-dealkylation sites (tertiary alicyclic amines) is 1. The van der Waals surface area contributed by atoms with E-state index in [0.717, 1.165) is 24.8 Å². The van der Waals surface area contributed by atoms with Gasteiger partial charge in [-0.1, -0.05) is 23.7 Å². The Kier molecular flexibility index (Phi) is 6.86. The van der Waals surface area contributed by atoms with Gasteiger partial charge in [-0.2, -0.15) is 0 Å². The Bertz CT molecular complexity index is 525. The van der Waals surface area contributed by atoms with Crippen LogP contribution in [-0.4, -0.2) is 49.6 Å². The summed E-state index contributed by atoms with van der Waals surface area (Å²) in [7, 11) is 1.50. The van der Waals surface area contributed by atoms with E-state index in [4.69, 9.17) is 16.3 Å². The highest BCUT2D eigenvalue weighted by Crippen LogP contribution is 2.14. The Hall–Kier alpha value is -1.59. The second kappa shape index (κ2) is 8.89. The number of hydrogen-bond donors (Lipinski definition) is 1. The molecule has 2 amide bonds. The van der Waals surface area contributed by atoms with Crippen molar-refractivity contribution in [3.63, 3.8) is 0 Å². The number of piperidine rings is 1. The summed E-state index contributed by atoms with van der Waals surface area (Å²) in [4.78, 5) is 25.6. The minimum Gasteiger partial charge on any atom is -0.375 e. The van der Waals surface area contributed by atoms with Gasteiger partial charge >= 0.3 is 0 Å². The van der Waals surface area contributed by atoms with E-state index in [-0.39, 0.29) is 24.5 Å². The summed E-state index contributed by atoms with van der Waals surface area (Å²) in [5.41, 5.74) is 1.12. The highest BCUT2D eigenvalue weighted by molar-refractivity contribution is 6.30. The Labute approximate surface area is 141 Å². The predicted molar refractivity (Wildman–Crippen MR) is 89.4 cm³/mol. The fraction of sp³-hybridized carbons (Fsp3) is 0.529. The van der Waals surface area contributed by atoms with Crippen LogP contribution >= 0.6 is 11.6 Å². The maximum atomic E-state index is 12.3. The van der Waals surface area contributed by atoms with E-state index in [2.05, 4.69) is 5.32 Å². The van der Waals surface area contributed by atoms with Crippen molar-refractivity contribution in [3.05, 3.63) is 34.9 Å². The summed E-state index contributed by atoms with van der Waals surface area (Å²) >= 11 is 5.85. The van der Waals surface area contributed by atoms with Crippen molar-refractivity contribution < 1.29 is 14.3 Å². The van der Waals surface area contributed by atoms with E-state index in [1.807, 2.05) is 29.2 Å². The first-order valence-corrected chi connectivity index (χ1v) is 8.27. The fourth-order valence-corrected chi connectivity index (χ4v) is 2.86. The number of ether oxygens (including phenoxy) is 1. The van der Waals surface area contributed by atoms with E-state index in [1.165, 1.54) is 7.11 Å². The highest BCUT2D eigenvalue weighted by Gasteiger charge is 2.23. The lowest BCUT2D eigenvalue weighted by Gasteiger charge is -2.32. The normalized spacial score (nSPS) is 15.5. The smallest absolute Gasteiger partial charge is 0.246 e. The number of hydrogen-bond acceptors (Lipinski definition) is 3. The SMILES string of the molecule is COCC(=O)NC1CCN(C(=O)CCc2ccc(Cl)cc2)CC1. The lowest BCUT2D eigenvalue weighted by atomic mass is 10.0. The van der Waals surface area contributed by atoms with Crippen molar-refractivity contribution in [2.75, 3.05) is 26.8 Å². The highest BCUT2D eigenvalue weighted by atomic mass is 35.5. The lowest BCUT2D eigenvalue weighted by Crippen LogP contribution is -2.47. The molecule has 0 unspecified atom stereocenters. The zero-order valence-corrected chi connectivity index (χ0v) is 14.1. The van der Waals surface area contributed by atoms with Crippen molar-refractivity contribution in [3.8, 4) is 0 Å². The number of aryl methyl sites for hydroxylation is 1. The maximum absolute atomic E-state index is 12.3. The van der Waals surface area contributed by atoms with Crippen LogP contribution in [0.25, 0.3) is 0 Å². The largest absolute Gasteiger partial charge is 0.375 e. The van der Waals surface area contributed by atoms with Gasteiger partial charge in [-0.3, -0.25) is 9.59 Å². The Morgan fingerprint density at radius 3 is 2.52 bits per heavy atom. The number of halogens is 1. The van der Waals surface area contributed by atoms with Crippen LogP contribution in [0.2, 0.25) is 5.02 Å². The molecule has 23 heavy (non-hydrogen) atoms. The van der Waals surface area contributed by atoms with E-state index in [0.29, 0.717) is 24.5 Å². The molecule has 0 radical (unpaired) electrons. The zero-order valence-electron chi connectivity index (χ0n) is 13.4. The molecule has 126 valence electrons. The quantitative estimate of drug-likeness (QED) is 0.863. The molecule has 1 aromatic carbocycles. The monoisotopic (exact) mass is 338 g/mol. The Morgan fingerprint density at radius 2 is 1.91 bits per heavy atom. The predicted octanol–water partition coefficient (Wildman–Crippen LogP) is 2.03. The molecular formula is C17H23ClN2O3. The molecule has 1 aliphatic rings. The van der Waals surface area contributed by atoms with Crippen LogP contribution in [0.15, 0.2) is 24.3 Å². The maximum Gasteiger partial charge on any atom is 0.246 e. The summed E-state index contributed by atoms with van der Waals surface area (Å²) < 4.78 is 4.80. The van der Waals surface area contributed by atoms with Gasteiger partial charge < -0.3 is 15.0 Å². The molecule has 0 aliphatic carbocycles. The first-order valence-electron chi connectivity index (χ1n) is 7.89. The van der Waals surface area contributed by atoms with Crippen LogP contribution in [0.3, 0.4) is 0 Å². The lowest BCUT2D eigenvalue weighted by molar-refractivity contribution is -0.132. The number of nitrogens with one attached hydrogen (secondary N) is 1. The summed E-state index contributed by atoms with van der Waals surface area (Å²) in [6.45, 7) is 1.47. The third-order valence-corrected chi connectivity index (χ3v) is 4.28. The Balaban J connectivity index is 1.71. The van der Waals surface area contributed by atoms with Gasteiger partial charge in [0.1, 0.15) is 6.61 Å². The van der Waals surface area contributed by atoms with Crippen molar-refractivity contribution >= 4 is 23.4 Å². The second-order valence-corrected chi connectivity index (χ2v) is 6.22. The van der Waals surface area contributed by atoms with Gasteiger partial charge in [0.25, 0.3) is 0 Å². The number of amides is 2. The topological polar surface area (TPSA) is 58.6 Å². The van der Waals surface area contributed by atoms with E-state index in [9.17, 15) is 9.59 Å². The van der Waals surface area contributed by atoms with Gasteiger partial charge in [-0.05, 0) is 37.0 Å². The fourth-order valence-electron chi connectivity index (χ4n) is 2.73. The first kappa shape index (κ1) is 17.8. The number of nitrogens with zero attached hydrogens (tertiary/aromatic N) is 1. The van der Waals surface area contributed by atoms with Crippen molar-refractivity contribution in [2.45, 2.75) is 31.7 Å². The molecule has 1 aromatic rings. The van der Waals surface area contributed by atoms with E-state index >= 15 is 0 Å². The molecule has 1 N–H and O–H groups in total. The van der Waals surface area contributed by atoms with E-state index < -0.39 is 0 Å². The number of benzene rings is 1. The zero-order chi connectivity index (χ0) is 16.7. The standard InChI is InChI=1S/C17H23ClN2O3/c1-23-12-16(21)19-15-8-10-20(11-9-15)17(22)7-4-13-2-5-14(18)6-3-13/h2-3,5-6,15H,4,7-12H2,1H3,(H,19,21). The third-order valence-electron chi connectivity index (χ3n) is 4.03. The first-order chi connectivity index (χ1) is 11.1. The van der Waals surface area contributed by atoms with Gasteiger partial charge in [0, 0.05) is 37.7 Å². The van der Waals surface area contributed by atoms with Gasteiger partial charge in [0.05, 0.1) is 0 Å². The molecule has 1 saturated heterocycles. The number of methoxy groups -OCH3 is 1. The van der Waals surface area contributed by atoms with Crippen molar-refractivity contribution in [1.82, 2.24) is 10.2 Å². The average Bonchev–Trinajstić information content (AvgIpc) is 2.55. The molecule has 2 rings (SSSR count). The molecule has 5 nitrogen and oxygen atoms in total. The number of carbonyl (C=O) groups excluding carboxylic acids is 2. The minimum atomic E-state index is -0.0972. The van der Waals surface area contributed by atoms with Crippen LogP contribution in [0, 0.1) is 0 Å². The molecule has 0 aromatic heterocycles. The second-order valence-electron chi connectivity index (χ2n) is 5.78. The molecule has 1 fully saturated rings. The number of carbonyl (C=O) groups is 2. The molecule has 1 aliphatic heterocycles. The molecule has 1 heterocycles. The Morgan fingerprint density at radius 1 is 1.26 bits per heavy atom. The summed E-state index contributed by atoms with van der Waals surface area (Å²) in [5.74, 6) is 0.0710. The molecule has 0 atom stereocenters.